The fraction of sp³-hybridized carbons (Fsp3) is 0.385. The monoisotopic (exact) mass is 498 g/mol. The van der Waals surface area contributed by atoms with Crippen molar-refractivity contribution in [2.75, 3.05) is 37.2 Å². The van der Waals surface area contributed by atoms with Crippen LogP contribution in [0.4, 0.5) is 31.1 Å². The lowest BCUT2D eigenvalue weighted by Gasteiger charge is -2.48. The van der Waals surface area contributed by atoms with Gasteiger partial charge in [-0.25, -0.2) is 13.8 Å². The molecule has 3 aromatic rings. The van der Waals surface area contributed by atoms with Crippen molar-refractivity contribution in [3.05, 3.63) is 64.5 Å². The number of thiazole rings is 1. The zero-order valence-electron chi connectivity index (χ0n) is 19.5. The van der Waals surface area contributed by atoms with Gasteiger partial charge >= 0.3 is 0 Å². The first-order valence-corrected chi connectivity index (χ1v) is 13.0. The van der Waals surface area contributed by atoms with Gasteiger partial charge in [0, 0.05) is 55.4 Å². The summed E-state index contributed by atoms with van der Waals surface area (Å²) in [6.07, 6.45) is 6.22. The first kappa shape index (κ1) is 23.8. The molecule has 9 heteroatoms. The van der Waals surface area contributed by atoms with Gasteiger partial charge < -0.3 is 16.4 Å². The van der Waals surface area contributed by atoms with E-state index in [0.717, 1.165) is 52.8 Å². The molecule has 0 unspecified atom stereocenters. The minimum absolute atomic E-state index is 0.0347. The number of nitrogens with one attached hydrogen (secondary N) is 2. The molecule has 6 nitrogen and oxygen atoms in total. The van der Waals surface area contributed by atoms with E-state index < -0.39 is 17.4 Å². The molecular formula is C26H30F2N5OS+. The number of hydrogen-bond donors (Lipinski definition) is 3. The van der Waals surface area contributed by atoms with Crippen molar-refractivity contribution in [1.82, 2.24) is 14.8 Å². The highest BCUT2D eigenvalue weighted by Gasteiger charge is 2.40. The van der Waals surface area contributed by atoms with Gasteiger partial charge in [-0.3, -0.25) is 9.28 Å². The molecule has 0 aliphatic carbocycles. The fourth-order valence-electron chi connectivity index (χ4n) is 5.54. The standard InChI is InChI=1S/C26H29F2N5OS/c27-18-14-17(15-19(28)16-18)23(34)24-25(29)32-26(35-24)31-20-4-6-21(7-5-20)33(12-2-1-3-13-33)22-8-10-30-11-9-22/h4-7,14-16,22,30H,1-3,8-13H2,(H2-,29,31,32,34)/p+1. The summed E-state index contributed by atoms with van der Waals surface area (Å²) < 4.78 is 28.2. The molecule has 4 N–H and O–H groups in total. The van der Waals surface area contributed by atoms with Crippen molar-refractivity contribution < 1.29 is 13.6 Å². The number of rotatable bonds is 6. The molecule has 3 heterocycles. The zero-order valence-corrected chi connectivity index (χ0v) is 20.3. The normalized spacial score (nSPS) is 18.3. The van der Waals surface area contributed by atoms with Crippen molar-refractivity contribution in [3.8, 4) is 0 Å². The van der Waals surface area contributed by atoms with Crippen LogP contribution >= 0.6 is 11.3 Å². The highest BCUT2D eigenvalue weighted by atomic mass is 32.1. The maximum Gasteiger partial charge on any atom is 0.207 e. The number of aromatic nitrogens is 1. The topological polar surface area (TPSA) is 80.0 Å². The number of carbonyl (C=O) groups is 1. The molecule has 0 bridgehead atoms. The molecule has 2 aromatic carbocycles. The summed E-state index contributed by atoms with van der Waals surface area (Å²) in [7, 11) is 0. The minimum atomic E-state index is -0.812. The van der Waals surface area contributed by atoms with Crippen LogP contribution in [-0.4, -0.2) is 43.0 Å². The Morgan fingerprint density at radius 2 is 1.69 bits per heavy atom. The summed E-state index contributed by atoms with van der Waals surface area (Å²) in [4.78, 5) is 17.2. The number of anilines is 3. The first-order chi connectivity index (χ1) is 16.9. The summed E-state index contributed by atoms with van der Waals surface area (Å²) in [5.41, 5.74) is 8.08. The Morgan fingerprint density at radius 1 is 1.03 bits per heavy atom. The third-order valence-electron chi connectivity index (χ3n) is 7.24. The Hall–Kier alpha value is -2.88. The van der Waals surface area contributed by atoms with Crippen molar-refractivity contribution in [1.29, 1.82) is 0 Å². The largest absolute Gasteiger partial charge is 0.382 e. The lowest BCUT2D eigenvalue weighted by atomic mass is 9.95. The van der Waals surface area contributed by atoms with E-state index in [4.69, 9.17) is 5.73 Å². The molecule has 35 heavy (non-hydrogen) atoms. The first-order valence-electron chi connectivity index (χ1n) is 12.2. The van der Waals surface area contributed by atoms with Crippen molar-refractivity contribution in [2.24, 2.45) is 0 Å². The summed E-state index contributed by atoms with van der Waals surface area (Å²) in [5.74, 6) is -2.14. The molecular weight excluding hydrogens is 468 g/mol. The Bertz CT molecular complexity index is 1180. The van der Waals surface area contributed by atoms with Crippen LogP contribution in [-0.2, 0) is 0 Å². The number of nitrogens with zero attached hydrogens (tertiary/aromatic N) is 2. The number of likely N-dealkylation sites (tertiary alicyclic amines) is 1. The lowest BCUT2D eigenvalue weighted by Crippen LogP contribution is -2.62. The van der Waals surface area contributed by atoms with E-state index in [1.54, 1.807) is 0 Å². The van der Waals surface area contributed by atoms with Crippen LogP contribution in [0.1, 0.15) is 47.3 Å². The second kappa shape index (κ2) is 10.0. The number of carbonyl (C=O) groups excluding carboxylic acids is 1. The van der Waals surface area contributed by atoms with E-state index in [0.29, 0.717) is 11.2 Å². The van der Waals surface area contributed by atoms with Crippen LogP contribution in [0.3, 0.4) is 0 Å². The van der Waals surface area contributed by atoms with Gasteiger partial charge in [0.2, 0.25) is 5.78 Å². The highest BCUT2D eigenvalue weighted by Crippen LogP contribution is 2.36. The van der Waals surface area contributed by atoms with Crippen LogP contribution in [0, 0.1) is 11.6 Å². The van der Waals surface area contributed by atoms with E-state index in [-0.39, 0.29) is 16.3 Å². The van der Waals surface area contributed by atoms with Gasteiger partial charge in [0.1, 0.15) is 28.0 Å². The van der Waals surface area contributed by atoms with Crippen LogP contribution in [0.15, 0.2) is 42.5 Å². The number of halogens is 2. The molecule has 184 valence electrons. The van der Waals surface area contributed by atoms with Gasteiger partial charge in [0.15, 0.2) is 5.13 Å². The predicted octanol–water partition coefficient (Wildman–Crippen LogP) is 5.22. The maximum absolute atomic E-state index is 13.6. The molecule has 0 radical (unpaired) electrons. The van der Waals surface area contributed by atoms with E-state index in [9.17, 15) is 13.6 Å². The van der Waals surface area contributed by atoms with Gasteiger partial charge in [-0.1, -0.05) is 11.3 Å². The van der Waals surface area contributed by atoms with Gasteiger partial charge in [-0.2, -0.15) is 0 Å². The second-order valence-electron chi connectivity index (χ2n) is 9.42. The Balaban J connectivity index is 1.35. The summed E-state index contributed by atoms with van der Waals surface area (Å²) in [5, 5.41) is 7.17. The van der Waals surface area contributed by atoms with Crippen molar-refractivity contribution >= 4 is 39.4 Å². The molecule has 0 saturated carbocycles. The predicted molar refractivity (Wildman–Crippen MR) is 137 cm³/mol. The Kier molecular flexibility index (Phi) is 6.82. The number of quaternary nitrogens is 1. The number of ketones is 1. The molecule has 0 atom stereocenters. The fourth-order valence-corrected chi connectivity index (χ4v) is 6.41. The highest BCUT2D eigenvalue weighted by molar-refractivity contribution is 7.18. The van der Waals surface area contributed by atoms with E-state index in [2.05, 4.69) is 27.8 Å². The number of hydrogen-bond acceptors (Lipinski definition) is 6. The van der Waals surface area contributed by atoms with Gasteiger partial charge in [-0.15, -0.1) is 0 Å². The zero-order chi connectivity index (χ0) is 24.4. The van der Waals surface area contributed by atoms with Crippen molar-refractivity contribution in [2.45, 2.75) is 38.1 Å². The summed E-state index contributed by atoms with van der Waals surface area (Å²) in [6, 6.07) is 11.9. The number of piperidine rings is 2. The van der Waals surface area contributed by atoms with E-state index >= 15 is 0 Å². The number of benzene rings is 2. The molecule has 2 aliphatic heterocycles. The molecule has 1 aromatic heterocycles. The third kappa shape index (κ3) is 4.94. The molecule has 5 rings (SSSR count). The van der Waals surface area contributed by atoms with Crippen LogP contribution in [0.25, 0.3) is 0 Å². The lowest BCUT2D eigenvalue weighted by molar-refractivity contribution is 0.104. The second-order valence-corrected chi connectivity index (χ2v) is 10.4. The average molecular weight is 499 g/mol. The molecule has 2 saturated heterocycles. The number of nitrogen functional groups attached to an aromatic ring is 1. The third-order valence-corrected chi connectivity index (χ3v) is 8.22. The smallest absolute Gasteiger partial charge is 0.207 e. The Labute approximate surface area is 207 Å². The average Bonchev–Trinajstić information content (AvgIpc) is 3.24. The molecule has 0 amide bonds. The maximum atomic E-state index is 13.6. The number of nitrogens with two attached hydrogens (primary N) is 1. The van der Waals surface area contributed by atoms with Gasteiger partial charge in [0.25, 0.3) is 0 Å². The summed E-state index contributed by atoms with van der Waals surface area (Å²) >= 11 is 1.07. The van der Waals surface area contributed by atoms with E-state index in [1.165, 1.54) is 50.9 Å². The van der Waals surface area contributed by atoms with Crippen LogP contribution in [0.5, 0.6) is 0 Å². The molecule has 2 aliphatic rings. The van der Waals surface area contributed by atoms with Crippen LogP contribution < -0.4 is 20.9 Å². The van der Waals surface area contributed by atoms with Crippen molar-refractivity contribution in [3.63, 3.8) is 0 Å². The SMILES string of the molecule is Nc1nc(Nc2ccc([N+]3(C4CCNCC4)CCCCC3)cc2)sc1C(=O)c1cc(F)cc(F)c1. The Morgan fingerprint density at radius 3 is 2.34 bits per heavy atom. The van der Waals surface area contributed by atoms with Gasteiger partial charge in [0.05, 0.1) is 19.1 Å². The minimum Gasteiger partial charge on any atom is -0.382 e. The van der Waals surface area contributed by atoms with Gasteiger partial charge in [-0.05, 0) is 43.5 Å². The summed E-state index contributed by atoms with van der Waals surface area (Å²) in [6.45, 7) is 4.54. The molecule has 2 fully saturated rings. The van der Waals surface area contributed by atoms with E-state index in [1.807, 2.05) is 12.1 Å². The molecule has 0 spiro atoms. The quantitative estimate of drug-likeness (QED) is 0.321. The van der Waals surface area contributed by atoms with Crippen LogP contribution in [0.2, 0.25) is 0 Å².